The molecular formula is C29H27F3N4O7. The summed E-state index contributed by atoms with van der Waals surface area (Å²) >= 11 is 0. The van der Waals surface area contributed by atoms with E-state index in [1.807, 2.05) is 0 Å². The van der Waals surface area contributed by atoms with Crippen molar-refractivity contribution in [2.45, 2.75) is 63.8 Å². The SMILES string of the molecule is CC[C@@]1(O)C(=O)OCc2c1cc1n(c2=O)Cc2c-1nc1cc(F)c(C)c3c1c2[C@@H](NC(=O)C(F)(F)C(=O)NCCO)CC3. The second-order valence-electron chi connectivity index (χ2n) is 10.9. The summed E-state index contributed by atoms with van der Waals surface area (Å²) in [7, 11) is 0. The second kappa shape index (κ2) is 9.88. The summed E-state index contributed by atoms with van der Waals surface area (Å²) in [6.07, 6.45) is 0.223. The van der Waals surface area contributed by atoms with Gasteiger partial charge >= 0.3 is 23.7 Å². The fourth-order valence-electron chi connectivity index (χ4n) is 6.33. The fourth-order valence-corrected chi connectivity index (χ4v) is 6.33. The molecule has 0 radical (unpaired) electrons. The van der Waals surface area contributed by atoms with Crippen LogP contribution in [-0.4, -0.2) is 56.6 Å². The molecule has 2 aromatic heterocycles. The molecule has 4 N–H and O–H groups in total. The topological polar surface area (TPSA) is 160 Å². The third-order valence-corrected chi connectivity index (χ3v) is 8.65. The molecule has 2 amide bonds. The van der Waals surface area contributed by atoms with Crippen molar-refractivity contribution < 1.29 is 42.5 Å². The van der Waals surface area contributed by atoms with Gasteiger partial charge in [-0.3, -0.25) is 14.4 Å². The zero-order valence-electron chi connectivity index (χ0n) is 23.1. The van der Waals surface area contributed by atoms with Crippen LogP contribution in [0.15, 0.2) is 16.9 Å². The summed E-state index contributed by atoms with van der Waals surface area (Å²) in [5.41, 5.74) is -0.165. The lowest BCUT2D eigenvalue weighted by molar-refractivity contribution is -0.172. The van der Waals surface area contributed by atoms with E-state index in [1.165, 1.54) is 16.7 Å². The first-order chi connectivity index (χ1) is 20.3. The molecule has 0 fully saturated rings. The van der Waals surface area contributed by atoms with Crippen molar-refractivity contribution in [3.05, 3.63) is 61.7 Å². The number of aryl methyl sites for hydroxylation is 1. The number of fused-ring (bicyclic) bond motifs is 5. The van der Waals surface area contributed by atoms with Gasteiger partial charge in [-0.2, -0.15) is 8.78 Å². The number of aliphatic hydroxyl groups is 2. The van der Waals surface area contributed by atoms with Crippen LogP contribution in [0.5, 0.6) is 0 Å². The van der Waals surface area contributed by atoms with Gasteiger partial charge in [-0.25, -0.2) is 14.2 Å². The molecule has 0 spiro atoms. The molecule has 43 heavy (non-hydrogen) atoms. The maximum absolute atomic E-state index is 15.0. The van der Waals surface area contributed by atoms with Crippen LogP contribution in [0, 0.1) is 12.7 Å². The van der Waals surface area contributed by atoms with Crippen LogP contribution in [0.1, 0.15) is 59.2 Å². The predicted octanol–water partition coefficient (Wildman–Crippen LogP) is 1.37. The molecule has 0 unspecified atom stereocenters. The average Bonchev–Trinajstić information content (AvgIpc) is 3.35. The van der Waals surface area contributed by atoms with Crippen molar-refractivity contribution in [2.24, 2.45) is 0 Å². The van der Waals surface area contributed by atoms with Gasteiger partial charge in [0, 0.05) is 29.1 Å². The maximum atomic E-state index is 15.0. The molecule has 3 aliphatic rings. The predicted molar refractivity (Wildman–Crippen MR) is 143 cm³/mol. The van der Waals surface area contributed by atoms with E-state index in [9.17, 15) is 33.1 Å². The Kier molecular flexibility index (Phi) is 6.62. The first kappa shape index (κ1) is 28.8. The van der Waals surface area contributed by atoms with Crippen LogP contribution in [0.2, 0.25) is 0 Å². The Balaban J connectivity index is 1.54. The van der Waals surface area contributed by atoms with E-state index >= 15 is 4.39 Å². The van der Waals surface area contributed by atoms with Gasteiger partial charge in [-0.1, -0.05) is 6.92 Å². The number of halogens is 3. The lowest BCUT2D eigenvalue weighted by Crippen LogP contribution is -2.52. The normalized spacial score (nSPS) is 20.3. The smallest absolute Gasteiger partial charge is 0.400 e. The molecular weight excluding hydrogens is 573 g/mol. The standard InChI is InChI=1S/C29H27F3N4O7/c1-3-28(42)16-8-20-23-14(10-36(20)24(38)15(16)11-43-27(28)41)22-18(35-26(40)29(31,32)25(39)33-6-7-37)5-4-13-12(2)17(30)9-19(34-23)21(13)22/h8-9,18,37,42H,3-7,10-11H2,1-2H3,(H,33,39)(H,35,40)/t18-,28-/m0/s1. The number of rotatable bonds is 6. The van der Waals surface area contributed by atoms with Crippen LogP contribution in [0.4, 0.5) is 13.2 Å². The van der Waals surface area contributed by atoms with Crippen molar-refractivity contribution in [1.82, 2.24) is 20.2 Å². The number of ether oxygens (including phenoxy) is 1. The van der Waals surface area contributed by atoms with Crippen molar-refractivity contribution in [2.75, 3.05) is 13.2 Å². The number of amides is 2. The summed E-state index contributed by atoms with van der Waals surface area (Å²) in [6, 6.07) is 1.61. The number of esters is 1. The number of pyridine rings is 2. The Bertz CT molecular complexity index is 1820. The largest absolute Gasteiger partial charge is 0.458 e. The van der Waals surface area contributed by atoms with Crippen LogP contribution in [-0.2, 0) is 44.3 Å². The molecule has 1 aliphatic carbocycles. The summed E-state index contributed by atoms with van der Waals surface area (Å²) < 4.78 is 51.0. The minimum atomic E-state index is -4.46. The molecule has 2 atom stereocenters. The zero-order valence-corrected chi connectivity index (χ0v) is 23.1. The van der Waals surface area contributed by atoms with E-state index in [0.717, 1.165) is 0 Å². The number of cyclic esters (lactones) is 1. The van der Waals surface area contributed by atoms with Gasteiger partial charge in [0.05, 0.1) is 41.7 Å². The number of carbonyl (C=O) groups excluding carboxylic acids is 3. The number of aliphatic hydroxyl groups excluding tert-OH is 1. The third-order valence-electron chi connectivity index (χ3n) is 8.65. The molecule has 14 heteroatoms. The number of nitrogens with zero attached hydrogens (tertiary/aromatic N) is 2. The van der Waals surface area contributed by atoms with E-state index in [2.05, 4.69) is 10.3 Å². The Morgan fingerprint density at radius 2 is 1.95 bits per heavy atom. The van der Waals surface area contributed by atoms with Crippen molar-refractivity contribution >= 4 is 28.7 Å². The van der Waals surface area contributed by atoms with Gasteiger partial charge in [0.25, 0.3) is 5.56 Å². The van der Waals surface area contributed by atoms with E-state index < -0.39 is 59.9 Å². The van der Waals surface area contributed by atoms with Gasteiger partial charge < -0.3 is 30.2 Å². The number of nitrogens with one attached hydrogen (secondary N) is 2. The quantitative estimate of drug-likeness (QED) is 0.191. The Labute approximate surface area is 241 Å². The van der Waals surface area contributed by atoms with E-state index in [4.69, 9.17) is 9.84 Å². The van der Waals surface area contributed by atoms with Crippen molar-refractivity contribution in [1.29, 1.82) is 0 Å². The molecule has 226 valence electrons. The molecule has 2 aliphatic heterocycles. The number of hydrogen-bond donors (Lipinski definition) is 4. The summed E-state index contributed by atoms with van der Waals surface area (Å²) in [6.45, 7) is 1.64. The van der Waals surface area contributed by atoms with Gasteiger partial charge in [-0.05, 0) is 48.9 Å². The average molecular weight is 601 g/mol. The highest BCUT2D eigenvalue weighted by Gasteiger charge is 2.49. The summed E-state index contributed by atoms with van der Waals surface area (Å²) in [4.78, 5) is 55.6. The number of hydrogen-bond acceptors (Lipinski definition) is 8. The monoisotopic (exact) mass is 600 g/mol. The van der Waals surface area contributed by atoms with E-state index in [0.29, 0.717) is 27.6 Å². The van der Waals surface area contributed by atoms with Crippen LogP contribution in [0.3, 0.4) is 0 Å². The van der Waals surface area contributed by atoms with Gasteiger partial charge in [0.15, 0.2) is 5.60 Å². The Morgan fingerprint density at radius 1 is 1.21 bits per heavy atom. The Hall–Kier alpha value is -4.30. The summed E-state index contributed by atoms with van der Waals surface area (Å²) in [5.74, 6) is -9.64. The highest BCUT2D eigenvalue weighted by molar-refractivity contribution is 6.07. The molecule has 4 heterocycles. The number of carbonyl (C=O) groups is 3. The lowest BCUT2D eigenvalue weighted by atomic mass is 9.81. The Morgan fingerprint density at radius 3 is 2.65 bits per heavy atom. The van der Waals surface area contributed by atoms with Crippen molar-refractivity contribution in [3.8, 4) is 11.4 Å². The minimum absolute atomic E-state index is 0.0695. The molecule has 0 saturated heterocycles. The van der Waals surface area contributed by atoms with Crippen molar-refractivity contribution in [3.63, 3.8) is 0 Å². The van der Waals surface area contributed by atoms with Gasteiger partial charge in [-0.15, -0.1) is 0 Å². The highest BCUT2D eigenvalue weighted by Crippen LogP contribution is 2.46. The fraction of sp³-hybridized carbons (Fsp3) is 0.414. The molecule has 0 saturated carbocycles. The highest BCUT2D eigenvalue weighted by atomic mass is 19.3. The van der Waals surface area contributed by atoms with E-state index in [1.54, 1.807) is 19.2 Å². The first-order valence-corrected chi connectivity index (χ1v) is 13.7. The molecule has 6 rings (SSSR count). The molecule has 11 nitrogen and oxygen atoms in total. The van der Waals surface area contributed by atoms with E-state index in [-0.39, 0.29) is 60.4 Å². The van der Waals surface area contributed by atoms with Crippen LogP contribution >= 0.6 is 0 Å². The second-order valence-corrected chi connectivity index (χ2v) is 10.9. The number of benzene rings is 1. The lowest BCUT2D eigenvalue weighted by Gasteiger charge is -2.31. The van der Waals surface area contributed by atoms with Gasteiger partial charge in [0.2, 0.25) is 0 Å². The third kappa shape index (κ3) is 4.07. The molecule has 1 aromatic carbocycles. The zero-order chi connectivity index (χ0) is 31.0. The van der Waals surface area contributed by atoms with Gasteiger partial charge in [0.1, 0.15) is 12.4 Å². The first-order valence-electron chi connectivity index (χ1n) is 13.7. The molecule has 3 aromatic rings. The number of alkyl halides is 2. The van der Waals surface area contributed by atoms with Crippen LogP contribution in [0.25, 0.3) is 22.3 Å². The minimum Gasteiger partial charge on any atom is -0.458 e. The summed E-state index contributed by atoms with van der Waals surface area (Å²) in [5, 5.41) is 24.5. The maximum Gasteiger partial charge on any atom is 0.400 e. The molecule has 0 bridgehead atoms. The van der Waals surface area contributed by atoms with Crippen LogP contribution < -0.4 is 16.2 Å². The number of aromatic nitrogens is 2.